The number of alkyl halides is 1. The number of amides is 3. The largest absolute Gasteiger partial charge is 0.361 e. The number of nitrogens with one attached hydrogen (secondary N) is 3. The number of rotatable bonds is 5. The standard InChI is InChI=1S/C25H21BrN4O3/c1-13-5-3-7-17-20(13)15(10-27-17)22-23(25(33)29-24(22)32)16-11-30(12-28-19(31)9-26)18-8-4-6-14(2)21(16)18/h3-8,10-11,27H,9,12H2,1-2H3,(H,28,31)(H,29,32,33). The minimum absolute atomic E-state index is 0.144. The zero-order valence-corrected chi connectivity index (χ0v) is 19.7. The van der Waals surface area contributed by atoms with Gasteiger partial charge in [-0.3, -0.25) is 19.7 Å². The van der Waals surface area contributed by atoms with E-state index in [0.717, 1.165) is 32.9 Å². The van der Waals surface area contributed by atoms with Crippen molar-refractivity contribution in [3.8, 4) is 0 Å². The van der Waals surface area contributed by atoms with Crippen LogP contribution in [0, 0.1) is 13.8 Å². The minimum Gasteiger partial charge on any atom is -0.361 e. The number of nitrogens with zero attached hydrogens (tertiary/aromatic N) is 1. The lowest BCUT2D eigenvalue weighted by Gasteiger charge is -2.06. The fourth-order valence-corrected chi connectivity index (χ4v) is 4.81. The molecule has 0 saturated heterocycles. The Balaban J connectivity index is 1.78. The molecule has 1 aliphatic rings. The molecule has 2 aromatic heterocycles. The number of carbonyl (C=O) groups is 3. The lowest BCUT2D eigenvalue weighted by molar-refractivity contribution is -0.123. The molecule has 0 unspecified atom stereocenters. The van der Waals surface area contributed by atoms with Crippen molar-refractivity contribution in [1.82, 2.24) is 20.2 Å². The third kappa shape index (κ3) is 3.38. The maximum Gasteiger partial charge on any atom is 0.259 e. The van der Waals surface area contributed by atoms with Crippen LogP contribution in [-0.4, -0.2) is 32.6 Å². The molecular formula is C25H21BrN4O3. The Morgan fingerprint density at radius 3 is 2.36 bits per heavy atom. The summed E-state index contributed by atoms with van der Waals surface area (Å²) in [6.07, 6.45) is 3.62. The molecule has 0 aliphatic carbocycles. The number of aryl methyl sites for hydroxylation is 2. The highest BCUT2D eigenvalue weighted by Gasteiger charge is 2.35. The van der Waals surface area contributed by atoms with Gasteiger partial charge in [-0.25, -0.2) is 0 Å². The number of fused-ring (bicyclic) bond motifs is 2. The number of benzene rings is 2. The van der Waals surface area contributed by atoms with Gasteiger partial charge >= 0.3 is 0 Å². The van der Waals surface area contributed by atoms with E-state index in [9.17, 15) is 14.4 Å². The predicted octanol–water partition coefficient (Wildman–Crippen LogP) is 3.78. The van der Waals surface area contributed by atoms with Crippen LogP contribution in [0.1, 0.15) is 22.3 Å². The summed E-state index contributed by atoms with van der Waals surface area (Å²) in [7, 11) is 0. The number of aromatic nitrogens is 2. The number of hydrogen-bond acceptors (Lipinski definition) is 3. The zero-order valence-electron chi connectivity index (χ0n) is 18.1. The van der Waals surface area contributed by atoms with Crippen molar-refractivity contribution in [3.05, 3.63) is 71.0 Å². The summed E-state index contributed by atoms with van der Waals surface area (Å²) in [6, 6.07) is 11.7. The van der Waals surface area contributed by atoms with E-state index in [0.29, 0.717) is 22.3 Å². The molecule has 1 aliphatic heterocycles. The van der Waals surface area contributed by atoms with Gasteiger partial charge in [0.15, 0.2) is 0 Å². The molecule has 5 rings (SSSR count). The summed E-state index contributed by atoms with van der Waals surface area (Å²) < 4.78 is 1.89. The van der Waals surface area contributed by atoms with Crippen molar-refractivity contribution in [2.45, 2.75) is 20.5 Å². The molecule has 3 heterocycles. The van der Waals surface area contributed by atoms with Crippen molar-refractivity contribution in [2.24, 2.45) is 0 Å². The highest BCUT2D eigenvalue weighted by Crippen LogP contribution is 2.39. The number of aromatic amines is 1. The van der Waals surface area contributed by atoms with E-state index in [2.05, 4.69) is 31.5 Å². The van der Waals surface area contributed by atoms with E-state index in [4.69, 9.17) is 0 Å². The molecule has 3 amide bonds. The van der Waals surface area contributed by atoms with Crippen molar-refractivity contribution in [3.63, 3.8) is 0 Å². The smallest absolute Gasteiger partial charge is 0.259 e. The molecule has 0 saturated carbocycles. The second-order valence-corrected chi connectivity index (χ2v) is 8.67. The number of halogens is 1. The number of hydrogen-bond donors (Lipinski definition) is 3. The monoisotopic (exact) mass is 504 g/mol. The molecule has 0 radical (unpaired) electrons. The fourth-order valence-electron chi connectivity index (χ4n) is 4.61. The second kappa shape index (κ2) is 8.04. The van der Waals surface area contributed by atoms with Gasteiger partial charge in [-0.05, 0) is 37.1 Å². The molecule has 8 heteroatoms. The average Bonchev–Trinajstić information content (AvgIpc) is 3.46. The van der Waals surface area contributed by atoms with E-state index in [1.54, 1.807) is 6.20 Å². The van der Waals surface area contributed by atoms with Crippen LogP contribution in [0.15, 0.2) is 48.8 Å². The highest BCUT2D eigenvalue weighted by atomic mass is 79.9. The Morgan fingerprint density at radius 2 is 1.64 bits per heavy atom. The summed E-state index contributed by atoms with van der Waals surface area (Å²) >= 11 is 3.16. The van der Waals surface area contributed by atoms with E-state index in [1.165, 1.54) is 0 Å². The Labute approximate surface area is 198 Å². The first-order valence-electron chi connectivity index (χ1n) is 10.5. The Morgan fingerprint density at radius 1 is 0.970 bits per heavy atom. The topological polar surface area (TPSA) is 96.0 Å². The van der Waals surface area contributed by atoms with Gasteiger partial charge in [-0.1, -0.05) is 40.2 Å². The van der Waals surface area contributed by atoms with Gasteiger partial charge in [0.25, 0.3) is 11.8 Å². The Kier molecular flexibility index (Phi) is 5.17. The number of carbonyl (C=O) groups excluding carboxylic acids is 3. The maximum absolute atomic E-state index is 13.1. The summed E-state index contributed by atoms with van der Waals surface area (Å²) in [5.74, 6) is -0.986. The molecule has 0 fully saturated rings. The minimum atomic E-state index is -0.426. The van der Waals surface area contributed by atoms with Crippen molar-refractivity contribution in [1.29, 1.82) is 0 Å². The summed E-state index contributed by atoms with van der Waals surface area (Å²) in [5.41, 5.74) is 5.82. The predicted molar refractivity (Wildman–Crippen MR) is 132 cm³/mol. The SMILES string of the molecule is Cc1cccc2[nH]cc(C3=C(c4cn(CNC(=O)CBr)c5cccc(C)c45)C(=O)NC3=O)c12. The van der Waals surface area contributed by atoms with Crippen molar-refractivity contribution < 1.29 is 14.4 Å². The molecular weight excluding hydrogens is 484 g/mol. The summed E-state index contributed by atoms with van der Waals surface area (Å²) in [6.45, 7) is 4.20. The lowest BCUT2D eigenvalue weighted by Crippen LogP contribution is -2.26. The third-order valence-electron chi connectivity index (χ3n) is 6.07. The fraction of sp³-hybridized carbons (Fsp3) is 0.160. The Bertz CT molecular complexity index is 1510. The molecule has 3 N–H and O–H groups in total. The van der Waals surface area contributed by atoms with E-state index < -0.39 is 11.8 Å². The number of imide groups is 1. The number of H-pyrrole nitrogens is 1. The van der Waals surface area contributed by atoms with Crippen LogP contribution in [0.2, 0.25) is 0 Å². The summed E-state index contributed by atoms with van der Waals surface area (Å²) in [5, 5.41) is 7.32. The van der Waals surface area contributed by atoms with Crippen molar-refractivity contribution in [2.75, 3.05) is 5.33 Å². The van der Waals surface area contributed by atoms with E-state index >= 15 is 0 Å². The maximum atomic E-state index is 13.1. The first-order chi connectivity index (χ1) is 15.9. The molecule has 166 valence electrons. The van der Waals surface area contributed by atoms with Crippen LogP contribution in [0.3, 0.4) is 0 Å². The molecule has 7 nitrogen and oxygen atoms in total. The van der Waals surface area contributed by atoms with Gasteiger partial charge in [-0.15, -0.1) is 0 Å². The van der Waals surface area contributed by atoms with Crippen LogP contribution in [0.25, 0.3) is 33.0 Å². The first-order valence-corrected chi connectivity index (χ1v) is 11.6. The van der Waals surface area contributed by atoms with Crippen molar-refractivity contribution >= 4 is 66.6 Å². The normalized spacial score (nSPS) is 13.9. The summed E-state index contributed by atoms with van der Waals surface area (Å²) in [4.78, 5) is 41.2. The van der Waals surface area contributed by atoms with Crippen LogP contribution >= 0.6 is 15.9 Å². The van der Waals surface area contributed by atoms with Gasteiger partial charge < -0.3 is 14.9 Å². The Hall–Kier alpha value is -3.65. The lowest BCUT2D eigenvalue weighted by atomic mass is 9.93. The van der Waals surface area contributed by atoms with Crippen LogP contribution in [0.4, 0.5) is 0 Å². The van der Waals surface area contributed by atoms with Gasteiger partial charge in [0.2, 0.25) is 5.91 Å². The molecule has 0 spiro atoms. The van der Waals surface area contributed by atoms with Crippen LogP contribution in [0.5, 0.6) is 0 Å². The van der Waals surface area contributed by atoms with Crippen LogP contribution in [-0.2, 0) is 21.1 Å². The average molecular weight is 505 g/mol. The highest BCUT2D eigenvalue weighted by molar-refractivity contribution is 9.09. The molecule has 0 atom stereocenters. The van der Waals surface area contributed by atoms with E-state index in [1.807, 2.05) is 61.0 Å². The molecule has 0 bridgehead atoms. The first kappa shape index (κ1) is 21.2. The van der Waals surface area contributed by atoms with Gasteiger partial charge in [0, 0.05) is 39.8 Å². The van der Waals surface area contributed by atoms with Gasteiger partial charge in [-0.2, -0.15) is 0 Å². The van der Waals surface area contributed by atoms with Gasteiger partial charge in [0.1, 0.15) is 0 Å². The molecule has 4 aromatic rings. The molecule has 33 heavy (non-hydrogen) atoms. The van der Waals surface area contributed by atoms with Gasteiger partial charge in [0.05, 0.1) is 28.7 Å². The second-order valence-electron chi connectivity index (χ2n) is 8.11. The zero-order chi connectivity index (χ0) is 23.3. The third-order valence-corrected chi connectivity index (χ3v) is 6.58. The quantitative estimate of drug-likeness (QED) is 0.285. The molecule has 2 aromatic carbocycles. The van der Waals surface area contributed by atoms with Crippen LogP contribution < -0.4 is 10.6 Å². The van der Waals surface area contributed by atoms with E-state index in [-0.39, 0.29) is 17.9 Å².